The summed E-state index contributed by atoms with van der Waals surface area (Å²) in [5, 5.41) is 3.22. The number of nitrogens with zero attached hydrogens (tertiary/aromatic N) is 3. The Bertz CT molecular complexity index is 1500. The van der Waals surface area contributed by atoms with E-state index in [1.807, 2.05) is 0 Å². The van der Waals surface area contributed by atoms with Crippen molar-refractivity contribution in [2.24, 2.45) is 0 Å². The maximum Gasteiger partial charge on any atom is 0.332 e. The Morgan fingerprint density at radius 3 is 2.51 bits per heavy atom. The van der Waals surface area contributed by atoms with Gasteiger partial charge in [0, 0.05) is 18.5 Å². The molecule has 0 bridgehead atoms. The second-order valence-corrected chi connectivity index (χ2v) is 9.92. The lowest BCUT2D eigenvalue weighted by Crippen LogP contribution is -2.43. The molecule has 4 rings (SSSR count). The van der Waals surface area contributed by atoms with Crippen LogP contribution in [0.25, 0.3) is 10.9 Å². The van der Waals surface area contributed by atoms with Crippen LogP contribution >= 0.6 is 11.6 Å². The summed E-state index contributed by atoms with van der Waals surface area (Å²) < 4.78 is 12.6. The second-order valence-electron chi connectivity index (χ2n) is 9.51. The fraction of sp³-hybridized carbons (Fsp3) is 0.429. The Morgan fingerprint density at radius 2 is 1.79 bits per heavy atom. The average Bonchev–Trinajstić information content (AvgIpc) is 3.40. The lowest BCUT2D eigenvalue weighted by atomic mass is 10.1. The molecule has 2 heterocycles. The molecule has 10 nitrogen and oxygen atoms in total. The molecule has 1 aromatic heterocycles. The standard InChI is InChI=1S/C28H33ClN4O6/c1-4-31-13-7-8-18(31)11-12-19(34)16-33-27(36)20-9-5-6-10-23(20)32(28(33)37)17-26(35)30-22-14-21(29)24(38-2)15-25(22)39-3/h5-6,9-10,14-15,18H,4,7-8,11-13,16-17H2,1-3H3,(H,30,35)/t18-/m1/s1. The number of likely N-dealkylation sites (tertiary alicyclic amines) is 1. The highest BCUT2D eigenvalue weighted by Crippen LogP contribution is 2.35. The number of fused-ring (bicyclic) bond motifs is 1. The van der Waals surface area contributed by atoms with Crippen LogP contribution in [0.4, 0.5) is 5.69 Å². The first-order valence-electron chi connectivity index (χ1n) is 13.0. The normalized spacial score (nSPS) is 15.4. The van der Waals surface area contributed by atoms with Crippen molar-refractivity contribution in [1.82, 2.24) is 14.0 Å². The van der Waals surface area contributed by atoms with Crippen molar-refractivity contribution in [2.75, 3.05) is 32.6 Å². The third-order valence-electron chi connectivity index (χ3n) is 7.18. The van der Waals surface area contributed by atoms with Crippen LogP contribution in [0.15, 0.2) is 46.0 Å². The Kier molecular flexibility index (Phi) is 9.08. The third kappa shape index (κ3) is 6.17. The number of rotatable bonds is 11. The molecule has 1 amide bonds. The fourth-order valence-electron chi connectivity index (χ4n) is 5.18. The topological polar surface area (TPSA) is 112 Å². The zero-order valence-electron chi connectivity index (χ0n) is 22.4. The number of hydrogen-bond donors (Lipinski definition) is 1. The highest BCUT2D eigenvalue weighted by molar-refractivity contribution is 6.32. The molecule has 1 fully saturated rings. The lowest BCUT2D eigenvalue weighted by molar-refractivity contribution is -0.120. The summed E-state index contributed by atoms with van der Waals surface area (Å²) >= 11 is 6.22. The summed E-state index contributed by atoms with van der Waals surface area (Å²) in [6, 6.07) is 9.90. The van der Waals surface area contributed by atoms with Gasteiger partial charge in [0.25, 0.3) is 5.56 Å². The quantitative estimate of drug-likeness (QED) is 0.385. The van der Waals surface area contributed by atoms with Crippen molar-refractivity contribution in [3.05, 3.63) is 62.3 Å². The molecule has 0 radical (unpaired) electrons. The number of ether oxygens (including phenoxy) is 2. The number of ketones is 1. The molecule has 0 spiro atoms. The number of para-hydroxylation sites is 1. The van der Waals surface area contributed by atoms with E-state index < -0.39 is 23.7 Å². The number of Topliss-reactive ketones (excluding diaryl/α,β-unsaturated/α-hetero) is 1. The maximum absolute atomic E-state index is 13.5. The van der Waals surface area contributed by atoms with Gasteiger partial charge in [0.1, 0.15) is 18.0 Å². The number of halogens is 1. The molecule has 1 saturated heterocycles. The number of aromatic nitrogens is 2. The van der Waals surface area contributed by atoms with Crippen LogP contribution in [-0.4, -0.2) is 59.1 Å². The number of carbonyl (C=O) groups excluding carboxylic acids is 2. The number of nitrogens with one attached hydrogen (secondary N) is 1. The molecule has 3 aromatic rings. The molecule has 1 aliphatic rings. The number of carbonyl (C=O) groups is 2. The Hall–Kier alpha value is -3.63. The van der Waals surface area contributed by atoms with E-state index in [1.165, 1.54) is 30.9 Å². The fourth-order valence-corrected chi connectivity index (χ4v) is 5.42. The molecular weight excluding hydrogens is 524 g/mol. The van der Waals surface area contributed by atoms with E-state index in [2.05, 4.69) is 17.1 Å². The summed E-state index contributed by atoms with van der Waals surface area (Å²) in [5.74, 6) is -0.0395. The molecule has 1 atom stereocenters. The molecule has 1 N–H and O–H groups in total. The Morgan fingerprint density at radius 1 is 1.05 bits per heavy atom. The Balaban J connectivity index is 1.59. The summed E-state index contributed by atoms with van der Waals surface area (Å²) in [6.45, 7) is 3.33. The summed E-state index contributed by atoms with van der Waals surface area (Å²) in [7, 11) is 2.90. The van der Waals surface area contributed by atoms with Gasteiger partial charge in [-0.15, -0.1) is 0 Å². The second kappa shape index (κ2) is 12.5. The number of benzene rings is 2. The highest BCUT2D eigenvalue weighted by atomic mass is 35.5. The van der Waals surface area contributed by atoms with Crippen molar-refractivity contribution < 1.29 is 19.1 Å². The van der Waals surface area contributed by atoms with E-state index in [9.17, 15) is 19.2 Å². The molecule has 39 heavy (non-hydrogen) atoms. The number of methoxy groups -OCH3 is 2. The first kappa shape index (κ1) is 28.4. The molecule has 2 aromatic carbocycles. The van der Waals surface area contributed by atoms with E-state index in [-0.39, 0.29) is 29.2 Å². The van der Waals surface area contributed by atoms with E-state index in [4.69, 9.17) is 21.1 Å². The summed E-state index contributed by atoms with van der Waals surface area (Å²) in [4.78, 5) is 55.0. The minimum absolute atomic E-state index is 0.193. The predicted octanol–water partition coefficient (Wildman–Crippen LogP) is 3.31. The van der Waals surface area contributed by atoms with Crippen molar-refractivity contribution in [1.29, 1.82) is 0 Å². The van der Waals surface area contributed by atoms with Gasteiger partial charge in [0.05, 0.1) is 42.4 Å². The van der Waals surface area contributed by atoms with Crippen LogP contribution in [0.5, 0.6) is 11.5 Å². The van der Waals surface area contributed by atoms with Crippen LogP contribution in [0.2, 0.25) is 5.02 Å². The Labute approximate surface area is 231 Å². The van der Waals surface area contributed by atoms with Crippen LogP contribution in [0.3, 0.4) is 0 Å². The van der Waals surface area contributed by atoms with Gasteiger partial charge in [0.2, 0.25) is 5.91 Å². The minimum Gasteiger partial charge on any atom is -0.495 e. The maximum atomic E-state index is 13.5. The number of anilines is 1. The molecule has 11 heteroatoms. The molecule has 0 unspecified atom stereocenters. The van der Waals surface area contributed by atoms with Crippen LogP contribution in [0.1, 0.15) is 32.6 Å². The zero-order valence-corrected chi connectivity index (χ0v) is 23.1. The largest absolute Gasteiger partial charge is 0.495 e. The van der Waals surface area contributed by atoms with Crippen LogP contribution in [0, 0.1) is 0 Å². The average molecular weight is 557 g/mol. The lowest BCUT2D eigenvalue weighted by Gasteiger charge is -2.22. The SMILES string of the molecule is CCN1CCC[C@@H]1CCC(=O)Cn1c(=O)c2ccccc2n(CC(=O)Nc2cc(Cl)c(OC)cc2OC)c1=O. The van der Waals surface area contributed by atoms with Gasteiger partial charge in [0.15, 0.2) is 5.78 Å². The molecular formula is C28H33ClN4O6. The van der Waals surface area contributed by atoms with E-state index in [0.717, 1.165) is 30.5 Å². The van der Waals surface area contributed by atoms with E-state index in [1.54, 1.807) is 24.3 Å². The van der Waals surface area contributed by atoms with E-state index >= 15 is 0 Å². The summed E-state index contributed by atoms with van der Waals surface area (Å²) in [6.07, 6.45) is 3.12. The van der Waals surface area contributed by atoms with Crippen LogP contribution < -0.4 is 26.0 Å². The number of amides is 1. The van der Waals surface area contributed by atoms with Gasteiger partial charge in [-0.1, -0.05) is 30.7 Å². The first-order chi connectivity index (χ1) is 18.8. The van der Waals surface area contributed by atoms with Gasteiger partial charge in [-0.3, -0.25) is 23.5 Å². The van der Waals surface area contributed by atoms with Crippen molar-refractivity contribution >= 4 is 39.9 Å². The number of hydrogen-bond acceptors (Lipinski definition) is 7. The predicted molar refractivity (Wildman–Crippen MR) is 150 cm³/mol. The monoisotopic (exact) mass is 556 g/mol. The van der Waals surface area contributed by atoms with Crippen LogP contribution in [-0.2, 0) is 22.7 Å². The van der Waals surface area contributed by atoms with Gasteiger partial charge < -0.3 is 19.7 Å². The molecule has 1 aliphatic heterocycles. The van der Waals surface area contributed by atoms with Gasteiger partial charge in [-0.25, -0.2) is 4.79 Å². The molecule has 208 valence electrons. The van der Waals surface area contributed by atoms with E-state index in [0.29, 0.717) is 35.2 Å². The molecule has 0 aliphatic carbocycles. The minimum atomic E-state index is -0.724. The zero-order chi connectivity index (χ0) is 28.1. The van der Waals surface area contributed by atoms with Crippen molar-refractivity contribution in [3.63, 3.8) is 0 Å². The highest BCUT2D eigenvalue weighted by Gasteiger charge is 2.24. The van der Waals surface area contributed by atoms with Crippen molar-refractivity contribution in [3.8, 4) is 11.5 Å². The summed E-state index contributed by atoms with van der Waals surface area (Å²) in [5.41, 5.74) is -0.684. The first-order valence-corrected chi connectivity index (χ1v) is 13.3. The van der Waals surface area contributed by atoms with Gasteiger partial charge in [-0.05, 0) is 50.6 Å². The molecule has 0 saturated carbocycles. The van der Waals surface area contributed by atoms with Gasteiger partial charge in [-0.2, -0.15) is 0 Å². The van der Waals surface area contributed by atoms with Gasteiger partial charge >= 0.3 is 5.69 Å². The third-order valence-corrected chi connectivity index (χ3v) is 7.47. The smallest absolute Gasteiger partial charge is 0.332 e. The van der Waals surface area contributed by atoms with Crippen molar-refractivity contribution in [2.45, 2.75) is 51.7 Å².